The number of rotatable bonds is 8. The van der Waals surface area contributed by atoms with E-state index in [4.69, 9.17) is 10.5 Å². The van der Waals surface area contributed by atoms with Gasteiger partial charge in [-0.15, -0.1) is 0 Å². The summed E-state index contributed by atoms with van der Waals surface area (Å²) in [6.07, 6.45) is 2.56. The van der Waals surface area contributed by atoms with Crippen molar-refractivity contribution < 1.29 is 14.3 Å². The maximum absolute atomic E-state index is 11.8. The van der Waals surface area contributed by atoms with Crippen molar-refractivity contribution in [2.45, 2.75) is 19.8 Å². The Morgan fingerprint density at radius 2 is 1.91 bits per heavy atom. The van der Waals surface area contributed by atoms with Gasteiger partial charge in [0, 0.05) is 18.7 Å². The highest BCUT2D eigenvalue weighted by molar-refractivity contribution is 5.92. The molecule has 6 nitrogen and oxygen atoms in total. The molecule has 0 spiro atoms. The van der Waals surface area contributed by atoms with Gasteiger partial charge in [-0.1, -0.05) is 6.92 Å². The van der Waals surface area contributed by atoms with Crippen molar-refractivity contribution >= 4 is 11.8 Å². The van der Waals surface area contributed by atoms with Crippen LogP contribution in [-0.4, -0.2) is 49.5 Å². The number of hydrogen-bond acceptors (Lipinski definition) is 4. The Morgan fingerprint density at radius 3 is 2.52 bits per heavy atom. The van der Waals surface area contributed by atoms with E-state index >= 15 is 0 Å². The third-order valence-corrected chi connectivity index (χ3v) is 3.93. The van der Waals surface area contributed by atoms with E-state index < -0.39 is 5.91 Å². The first-order chi connectivity index (χ1) is 11.0. The summed E-state index contributed by atoms with van der Waals surface area (Å²) in [5, 5.41) is 2.89. The Bertz CT molecular complexity index is 524. The van der Waals surface area contributed by atoms with Crippen molar-refractivity contribution in [3.05, 3.63) is 29.8 Å². The van der Waals surface area contributed by atoms with Crippen LogP contribution in [0.3, 0.4) is 0 Å². The van der Waals surface area contributed by atoms with E-state index in [0.29, 0.717) is 23.8 Å². The molecule has 0 aliphatic carbocycles. The molecule has 0 saturated carbocycles. The van der Waals surface area contributed by atoms with Crippen molar-refractivity contribution in [2.24, 2.45) is 11.7 Å². The number of benzene rings is 1. The number of carbonyl (C=O) groups excluding carboxylic acids is 2. The number of nitrogens with two attached hydrogens (primary N) is 1. The number of amides is 2. The topological polar surface area (TPSA) is 84.7 Å². The van der Waals surface area contributed by atoms with Crippen LogP contribution >= 0.6 is 0 Å². The zero-order chi connectivity index (χ0) is 16.7. The van der Waals surface area contributed by atoms with Crippen LogP contribution in [0.4, 0.5) is 0 Å². The summed E-state index contributed by atoms with van der Waals surface area (Å²) in [5.74, 6) is 0.334. The molecule has 1 unspecified atom stereocenters. The first-order valence-electron chi connectivity index (χ1n) is 8.06. The van der Waals surface area contributed by atoms with Crippen molar-refractivity contribution in [3.8, 4) is 5.75 Å². The van der Waals surface area contributed by atoms with Crippen LogP contribution in [-0.2, 0) is 4.79 Å². The predicted molar refractivity (Wildman–Crippen MR) is 88.3 cm³/mol. The van der Waals surface area contributed by atoms with Crippen LogP contribution < -0.4 is 15.8 Å². The second kappa shape index (κ2) is 8.53. The Hall–Kier alpha value is -2.08. The predicted octanol–water partition coefficient (Wildman–Crippen LogP) is 1.01. The van der Waals surface area contributed by atoms with Gasteiger partial charge >= 0.3 is 0 Å². The molecule has 1 fully saturated rings. The number of nitrogens with one attached hydrogen (secondary N) is 1. The van der Waals surface area contributed by atoms with Gasteiger partial charge in [-0.3, -0.25) is 9.59 Å². The van der Waals surface area contributed by atoms with Gasteiger partial charge in [-0.2, -0.15) is 0 Å². The van der Waals surface area contributed by atoms with Crippen LogP contribution in [0.5, 0.6) is 5.75 Å². The van der Waals surface area contributed by atoms with Crippen LogP contribution in [0, 0.1) is 5.92 Å². The molecule has 6 heteroatoms. The molecule has 1 aromatic rings. The molecule has 2 amide bonds. The van der Waals surface area contributed by atoms with Crippen molar-refractivity contribution in [2.75, 3.05) is 32.8 Å². The fraction of sp³-hybridized carbons (Fsp3) is 0.529. The van der Waals surface area contributed by atoms with Gasteiger partial charge in [0.05, 0.1) is 0 Å². The molecule has 1 heterocycles. The third-order valence-electron chi connectivity index (χ3n) is 3.93. The second-order valence-electron chi connectivity index (χ2n) is 6.09. The fourth-order valence-corrected chi connectivity index (χ4v) is 2.67. The summed E-state index contributed by atoms with van der Waals surface area (Å²) < 4.78 is 5.39. The van der Waals surface area contributed by atoms with Crippen molar-refractivity contribution in [1.82, 2.24) is 10.2 Å². The molecule has 2 rings (SSSR count). The lowest BCUT2D eigenvalue weighted by atomic mass is 10.1. The highest BCUT2D eigenvalue weighted by Gasteiger charge is 2.15. The molecule has 0 bridgehead atoms. The zero-order valence-electron chi connectivity index (χ0n) is 13.6. The Balaban J connectivity index is 1.65. The molecule has 1 atom stereocenters. The summed E-state index contributed by atoms with van der Waals surface area (Å²) in [5.41, 5.74) is 5.58. The molecule has 3 N–H and O–H groups in total. The summed E-state index contributed by atoms with van der Waals surface area (Å²) in [4.78, 5) is 25.2. The zero-order valence-corrected chi connectivity index (χ0v) is 13.6. The van der Waals surface area contributed by atoms with E-state index in [1.165, 1.54) is 25.9 Å². The summed E-state index contributed by atoms with van der Waals surface area (Å²) in [7, 11) is 0. The molecular formula is C17H25N3O3. The molecular weight excluding hydrogens is 294 g/mol. The molecule has 0 radical (unpaired) electrons. The lowest BCUT2D eigenvalue weighted by Gasteiger charge is -2.20. The van der Waals surface area contributed by atoms with Crippen LogP contribution in [0.15, 0.2) is 24.3 Å². The smallest absolute Gasteiger partial charge is 0.257 e. The number of likely N-dealkylation sites (tertiary alicyclic amines) is 1. The van der Waals surface area contributed by atoms with Crippen LogP contribution in [0.2, 0.25) is 0 Å². The highest BCUT2D eigenvalue weighted by atomic mass is 16.5. The first-order valence-corrected chi connectivity index (χ1v) is 8.06. The summed E-state index contributed by atoms with van der Waals surface area (Å²) >= 11 is 0. The van der Waals surface area contributed by atoms with Gasteiger partial charge in [0.2, 0.25) is 5.91 Å². The first kappa shape index (κ1) is 17.3. The minimum Gasteiger partial charge on any atom is -0.484 e. The lowest BCUT2D eigenvalue weighted by Crippen LogP contribution is -2.36. The lowest BCUT2D eigenvalue weighted by molar-refractivity contribution is -0.123. The van der Waals surface area contributed by atoms with Gasteiger partial charge in [-0.05, 0) is 56.1 Å². The SMILES string of the molecule is CC(CNC(=O)COc1ccc(C(N)=O)cc1)CN1CCCC1. The van der Waals surface area contributed by atoms with E-state index in [2.05, 4.69) is 17.1 Å². The maximum Gasteiger partial charge on any atom is 0.257 e. The van der Waals surface area contributed by atoms with Crippen molar-refractivity contribution in [1.29, 1.82) is 0 Å². The van der Waals surface area contributed by atoms with Gasteiger partial charge in [0.15, 0.2) is 6.61 Å². The monoisotopic (exact) mass is 319 g/mol. The van der Waals surface area contributed by atoms with E-state index in [-0.39, 0.29) is 12.5 Å². The molecule has 1 aromatic carbocycles. The fourth-order valence-electron chi connectivity index (χ4n) is 2.67. The number of carbonyl (C=O) groups is 2. The number of hydrogen-bond donors (Lipinski definition) is 2. The summed E-state index contributed by atoms with van der Waals surface area (Å²) in [6, 6.07) is 6.41. The average molecular weight is 319 g/mol. The highest BCUT2D eigenvalue weighted by Crippen LogP contribution is 2.12. The molecule has 0 aromatic heterocycles. The molecule has 126 valence electrons. The van der Waals surface area contributed by atoms with Crippen LogP contribution in [0.1, 0.15) is 30.1 Å². The Kier molecular flexibility index (Phi) is 6.40. The number of primary amides is 1. The molecule has 1 aliphatic heterocycles. The minimum atomic E-state index is -0.485. The largest absolute Gasteiger partial charge is 0.484 e. The average Bonchev–Trinajstić information content (AvgIpc) is 3.04. The van der Waals surface area contributed by atoms with E-state index in [0.717, 1.165) is 6.54 Å². The number of nitrogens with zero attached hydrogens (tertiary/aromatic N) is 1. The quantitative estimate of drug-likeness (QED) is 0.749. The van der Waals surface area contributed by atoms with Gasteiger partial charge in [-0.25, -0.2) is 0 Å². The minimum absolute atomic E-state index is 0.0354. The standard InChI is InChI=1S/C17H25N3O3/c1-13(11-20-8-2-3-9-20)10-19-16(21)12-23-15-6-4-14(5-7-15)17(18)22/h4-7,13H,2-3,8-12H2,1H3,(H2,18,22)(H,19,21). The van der Waals surface area contributed by atoms with Gasteiger partial charge in [0.25, 0.3) is 5.91 Å². The molecule has 23 heavy (non-hydrogen) atoms. The van der Waals surface area contributed by atoms with E-state index in [9.17, 15) is 9.59 Å². The normalized spacial score (nSPS) is 16.0. The third kappa shape index (κ3) is 5.90. The Labute approximate surface area is 137 Å². The van der Waals surface area contributed by atoms with Gasteiger partial charge < -0.3 is 20.7 Å². The van der Waals surface area contributed by atoms with E-state index in [1.54, 1.807) is 24.3 Å². The van der Waals surface area contributed by atoms with Crippen molar-refractivity contribution in [3.63, 3.8) is 0 Å². The molecule has 1 aliphatic rings. The molecule has 1 saturated heterocycles. The summed E-state index contributed by atoms with van der Waals surface area (Å²) in [6.45, 7) is 6.12. The second-order valence-corrected chi connectivity index (χ2v) is 6.09. The maximum atomic E-state index is 11.8. The van der Waals surface area contributed by atoms with Gasteiger partial charge in [0.1, 0.15) is 5.75 Å². The van der Waals surface area contributed by atoms with Crippen LogP contribution in [0.25, 0.3) is 0 Å². The number of ether oxygens (including phenoxy) is 1. The van der Waals surface area contributed by atoms with E-state index in [1.807, 2.05) is 0 Å². The Morgan fingerprint density at radius 1 is 1.26 bits per heavy atom.